The van der Waals surface area contributed by atoms with E-state index in [4.69, 9.17) is 4.74 Å². The van der Waals surface area contributed by atoms with Crippen molar-refractivity contribution in [3.63, 3.8) is 0 Å². The molecule has 0 radical (unpaired) electrons. The third-order valence-electron chi connectivity index (χ3n) is 5.59. The van der Waals surface area contributed by atoms with Crippen molar-refractivity contribution in [2.24, 2.45) is 5.92 Å². The highest BCUT2D eigenvalue weighted by atomic mass is 16.5. The molecule has 6 nitrogen and oxygen atoms in total. The van der Waals surface area contributed by atoms with E-state index >= 15 is 0 Å². The molecule has 29 heavy (non-hydrogen) atoms. The van der Waals surface area contributed by atoms with Crippen LogP contribution in [-0.2, 0) is 16.0 Å². The maximum absolute atomic E-state index is 12.7. The molecule has 3 aromatic rings. The lowest BCUT2D eigenvalue weighted by atomic mass is 9.95. The number of rotatable bonds is 5. The van der Waals surface area contributed by atoms with Gasteiger partial charge in [-0.1, -0.05) is 18.2 Å². The van der Waals surface area contributed by atoms with Crippen molar-refractivity contribution in [2.75, 3.05) is 25.5 Å². The number of aromatic amines is 1. The number of methoxy groups -OCH3 is 1. The van der Waals surface area contributed by atoms with Gasteiger partial charge in [-0.3, -0.25) is 9.59 Å². The maximum Gasteiger partial charge on any atom is 0.227 e. The Bertz CT molecular complexity index is 1000. The van der Waals surface area contributed by atoms with Crippen molar-refractivity contribution in [3.8, 4) is 5.75 Å². The molecule has 1 fully saturated rings. The smallest absolute Gasteiger partial charge is 0.227 e. The SMILES string of the molecule is COc1ccc(NC(=O)C2CCN(C(=O)Cc3c[nH]c4ccccc34)CC2)cc1. The summed E-state index contributed by atoms with van der Waals surface area (Å²) in [7, 11) is 1.61. The van der Waals surface area contributed by atoms with Gasteiger partial charge in [0, 0.05) is 41.8 Å². The lowest BCUT2D eigenvalue weighted by molar-refractivity contribution is -0.133. The zero-order valence-electron chi connectivity index (χ0n) is 16.5. The van der Waals surface area contributed by atoms with Crippen LogP contribution in [0, 0.1) is 5.92 Å². The standard InChI is InChI=1S/C23H25N3O3/c1-29-19-8-6-18(7-9-19)25-23(28)16-10-12-26(13-11-16)22(27)14-17-15-24-21-5-3-2-4-20(17)21/h2-9,15-16,24H,10-14H2,1H3,(H,25,28). The molecule has 0 bridgehead atoms. The fourth-order valence-electron chi connectivity index (χ4n) is 3.86. The molecule has 1 saturated heterocycles. The Morgan fingerprint density at radius 3 is 2.55 bits per heavy atom. The van der Waals surface area contributed by atoms with E-state index in [2.05, 4.69) is 10.3 Å². The largest absolute Gasteiger partial charge is 0.497 e. The van der Waals surface area contributed by atoms with Crippen molar-refractivity contribution in [1.82, 2.24) is 9.88 Å². The van der Waals surface area contributed by atoms with Gasteiger partial charge in [0.1, 0.15) is 5.75 Å². The molecule has 2 heterocycles. The van der Waals surface area contributed by atoms with E-state index in [1.54, 1.807) is 7.11 Å². The molecular weight excluding hydrogens is 366 g/mol. The van der Waals surface area contributed by atoms with Gasteiger partial charge in [-0.05, 0) is 48.7 Å². The lowest BCUT2D eigenvalue weighted by Gasteiger charge is -2.31. The van der Waals surface area contributed by atoms with Crippen molar-refractivity contribution in [3.05, 3.63) is 60.3 Å². The number of benzene rings is 2. The molecule has 0 aliphatic carbocycles. The highest BCUT2D eigenvalue weighted by molar-refractivity contribution is 5.93. The minimum atomic E-state index is -0.0748. The van der Waals surface area contributed by atoms with Crippen LogP contribution < -0.4 is 10.1 Å². The minimum Gasteiger partial charge on any atom is -0.497 e. The molecule has 150 valence electrons. The number of hydrogen-bond donors (Lipinski definition) is 2. The first-order valence-corrected chi connectivity index (χ1v) is 9.92. The number of aromatic nitrogens is 1. The van der Waals surface area contributed by atoms with E-state index in [1.807, 2.05) is 59.6 Å². The average Bonchev–Trinajstić information content (AvgIpc) is 3.17. The number of carbonyl (C=O) groups excluding carboxylic acids is 2. The highest BCUT2D eigenvalue weighted by Gasteiger charge is 2.27. The molecule has 1 aliphatic heterocycles. The van der Waals surface area contributed by atoms with E-state index in [0.717, 1.165) is 27.9 Å². The van der Waals surface area contributed by atoms with Gasteiger partial charge in [0.05, 0.1) is 13.5 Å². The number of para-hydroxylation sites is 1. The Morgan fingerprint density at radius 1 is 1.10 bits per heavy atom. The summed E-state index contributed by atoms with van der Waals surface area (Å²) in [4.78, 5) is 30.4. The van der Waals surface area contributed by atoms with Crippen molar-refractivity contribution in [1.29, 1.82) is 0 Å². The first-order chi connectivity index (χ1) is 14.1. The van der Waals surface area contributed by atoms with E-state index in [9.17, 15) is 9.59 Å². The first-order valence-electron chi connectivity index (χ1n) is 9.92. The predicted molar refractivity (Wildman–Crippen MR) is 113 cm³/mol. The summed E-state index contributed by atoms with van der Waals surface area (Å²) in [6.45, 7) is 1.23. The number of ether oxygens (including phenoxy) is 1. The van der Waals surface area contributed by atoms with Gasteiger partial charge >= 0.3 is 0 Å². The van der Waals surface area contributed by atoms with Crippen LogP contribution >= 0.6 is 0 Å². The monoisotopic (exact) mass is 391 g/mol. The molecular formula is C23H25N3O3. The second-order valence-corrected chi connectivity index (χ2v) is 7.41. The van der Waals surface area contributed by atoms with Crippen LogP contribution in [0.4, 0.5) is 5.69 Å². The molecule has 1 aromatic heterocycles. The molecule has 0 spiro atoms. The number of amides is 2. The number of H-pyrrole nitrogens is 1. The highest BCUT2D eigenvalue weighted by Crippen LogP contribution is 2.23. The number of nitrogens with zero attached hydrogens (tertiary/aromatic N) is 1. The normalized spacial score (nSPS) is 14.7. The molecule has 1 aliphatic rings. The quantitative estimate of drug-likeness (QED) is 0.698. The lowest BCUT2D eigenvalue weighted by Crippen LogP contribution is -2.42. The Hall–Kier alpha value is -3.28. The van der Waals surface area contributed by atoms with E-state index < -0.39 is 0 Å². The summed E-state index contributed by atoms with van der Waals surface area (Å²) >= 11 is 0. The summed E-state index contributed by atoms with van der Waals surface area (Å²) in [6, 6.07) is 15.3. The fourth-order valence-corrected chi connectivity index (χ4v) is 3.86. The van der Waals surface area contributed by atoms with Crippen LogP contribution in [-0.4, -0.2) is 41.9 Å². The zero-order chi connectivity index (χ0) is 20.2. The van der Waals surface area contributed by atoms with E-state index in [0.29, 0.717) is 32.4 Å². The van der Waals surface area contributed by atoms with E-state index in [-0.39, 0.29) is 17.7 Å². The second-order valence-electron chi connectivity index (χ2n) is 7.41. The number of anilines is 1. The molecule has 2 aromatic carbocycles. The van der Waals surface area contributed by atoms with Gasteiger partial charge in [0.25, 0.3) is 0 Å². The van der Waals surface area contributed by atoms with Crippen LogP contribution in [0.2, 0.25) is 0 Å². The fraction of sp³-hybridized carbons (Fsp3) is 0.304. The summed E-state index contributed by atoms with van der Waals surface area (Å²) in [5, 5.41) is 4.05. The molecule has 4 rings (SSSR count). The molecule has 0 atom stereocenters. The van der Waals surface area contributed by atoms with Crippen LogP contribution in [0.25, 0.3) is 10.9 Å². The third kappa shape index (κ3) is 4.26. The minimum absolute atomic E-state index is 0.0129. The molecule has 0 unspecified atom stereocenters. The Balaban J connectivity index is 1.30. The molecule has 6 heteroatoms. The van der Waals surface area contributed by atoms with Gasteiger partial charge in [0.2, 0.25) is 11.8 Å². The number of piperidine rings is 1. The number of carbonyl (C=O) groups is 2. The topological polar surface area (TPSA) is 74.4 Å². The third-order valence-corrected chi connectivity index (χ3v) is 5.59. The van der Waals surface area contributed by atoms with Gasteiger partial charge in [-0.15, -0.1) is 0 Å². The van der Waals surface area contributed by atoms with Crippen LogP contribution in [0.3, 0.4) is 0 Å². The molecule has 0 saturated carbocycles. The van der Waals surface area contributed by atoms with Gasteiger partial charge in [-0.25, -0.2) is 0 Å². The predicted octanol–water partition coefficient (Wildman–Crippen LogP) is 3.60. The summed E-state index contributed by atoms with van der Waals surface area (Å²) in [5.74, 6) is 0.807. The number of fused-ring (bicyclic) bond motifs is 1. The summed E-state index contributed by atoms with van der Waals surface area (Å²) in [6.07, 6.45) is 3.66. The Labute approximate surface area is 169 Å². The number of nitrogens with one attached hydrogen (secondary N) is 2. The number of hydrogen-bond acceptors (Lipinski definition) is 3. The number of likely N-dealkylation sites (tertiary alicyclic amines) is 1. The molecule has 2 amide bonds. The van der Waals surface area contributed by atoms with Crippen molar-refractivity contribution >= 4 is 28.4 Å². The molecule has 2 N–H and O–H groups in total. The van der Waals surface area contributed by atoms with Gasteiger partial charge < -0.3 is 19.9 Å². The first kappa shape index (κ1) is 19.1. The van der Waals surface area contributed by atoms with Gasteiger partial charge in [-0.2, -0.15) is 0 Å². The van der Waals surface area contributed by atoms with E-state index in [1.165, 1.54) is 0 Å². The summed E-state index contributed by atoms with van der Waals surface area (Å²) < 4.78 is 5.13. The average molecular weight is 391 g/mol. The zero-order valence-corrected chi connectivity index (χ0v) is 16.5. The van der Waals surface area contributed by atoms with Crippen LogP contribution in [0.1, 0.15) is 18.4 Å². The second kappa shape index (κ2) is 8.39. The Morgan fingerprint density at radius 2 is 1.83 bits per heavy atom. The van der Waals surface area contributed by atoms with Crippen molar-refractivity contribution in [2.45, 2.75) is 19.3 Å². The summed E-state index contributed by atoms with van der Waals surface area (Å²) in [5.41, 5.74) is 2.82. The maximum atomic E-state index is 12.7. The Kier molecular flexibility index (Phi) is 5.51. The van der Waals surface area contributed by atoms with Crippen LogP contribution in [0.5, 0.6) is 5.75 Å². The van der Waals surface area contributed by atoms with Crippen LogP contribution in [0.15, 0.2) is 54.7 Å². The van der Waals surface area contributed by atoms with Gasteiger partial charge in [0.15, 0.2) is 0 Å². The van der Waals surface area contributed by atoms with Crippen molar-refractivity contribution < 1.29 is 14.3 Å².